The summed E-state index contributed by atoms with van der Waals surface area (Å²) in [6, 6.07) is 8.34. The Kier molecular flexibility index (Phi) is 2.42. The molecule has 0 saturated heterocycles. The molecule has 0 aliphatic rings. The monoisotopic (exact) mass is 203 g/mol. The van der Waals surface area contributed by atoms with Crippen molar-refractivity contribution in [2.24, 2.45) is 0 Å². The van der Waals surface area contributed by atoms with Gasteiger partial charge >= 0.3 is 0 Å². The van der Waals surface area contributed by atoms with Gasteiger partial charge in [0.2, 0.25) is 0 Å². The number of fused-ring (bicyclic) bond motifs is 1. The van der Waals surface area contributed by atoms with Crippen molar-refractivity contribution in [3.8, 4) is 6.07 Å². The highest BCUT2D eigenvalue weighted by atomic mass is 16.3. The van der Waals surface area contributed by atoms with Crippen LogP contribution in [0, 0.1) is 11.3 Å². The molecule has 0 fully saturated rings. The molecule has 2 rings (SSSR count). The maximum Gasteiger partial charge on any atom is 0.170 e. The smallest absolute Gasteiger partial charge is 0.170 e. The average molecular weight is 203 g/mol. The van der Waals surface area contributed by atoms with Gasteiger partial charge in [-0.05, 0) is 23.8 Å². The van der Waals surface area contributed by atoms with E-state index in [-0.39, 0.29) is 0 Å². The van der Waals surface area contributed by atoms with Crippen molar-refractivity contribution in [2.45, 2.75) is 12.2 Å². The molecule has 76 valence electrons. The quantitative estimate of drug-likeness (QED) is 0.722. The van der Waals surface area contributed by atoms with Crippen LogP contribution in [0.4, 0.5) is 0 Å². The summed E-state index contributed by atoms with van der Waals surface area (Å²) in [5.41, 5.74) is 1.20. The predicted molar refractivity (Wildman–Crippen MR) is 52.8 cm³/mol. The van der Waals surface area contributed by atoms with Gasteiger partial charge in [-0.1, -0.05) is 6.07 Å². The molecule has 0 bridgehead atoms. The van der Waals surface area contributed by atoms with E-state index in [0.29, 0.717) is 11.1 Å². The second-order valence-corrected chi connectivity index (χ2v) is 3.24. The summed E-state index contributed by atoms with van der Waals surface area (Å²) in [6.45, 7) is 0. The second kappa shape index (κ2) is 3.73. The maximum atomic E-state index is 9.58. The van der Waals surface area contributed by atoms with E-state index in [1.807, 2.05) is 0 Å². The Bertz CT molecular complexity index is 512. The van der Waals surface area contributed by atoms with Gasteiger partial charge in [-0.2, -0.15) is 5.26 Å². The van der Waals surface area contributed by atoms with Crippen LogP contribution in [-0.2, 0) is 0 Å². The molecule has 0 aliphatic carbocycles. The second-order valence-electron chi connectivity index (χ2n) is 3.24. The Hall–Kier alpha value is -1.83. The van der Waals surface area contributed by atoms with Crippen LogP contribution in [0.25, 0.3) is 11.0 Å². The predicted octanol–water partition coefficient (Wildman–Crippen LogP) is 1.35. The summed E-state index contributed by atoms with van der Waals surface area (Å²) >= 11 is 0. The zero-order valence-electron chi connectivity index (χ0n) is 7.79. The molecule has 2 unspecified atom stereocenters. The highest BCUT2D eigenvalue weighted by molar-refractivity contribution is 5.77. The van der Waals surface area contributed by atoms with Gasteiger partial charge in [0, 0.05) is 5.39 Å². The van der Waals surface area contributed by atoms with Crippen LogP contribution < -0.4 is 0 Å². The first-order valence-corrected chi connectivity index (χ1v) is 4.45. The fraction of sp³-hybridized carbons (Fsp3) is 0.182. The van der Waals surface area contributed by atoms with E-state index in [1.165, 1.54) is 0 Å². The van der Waals surface area contributed by atoms with Crippen molar-refractivity contribution in [1.82, 2.24) is 0 Å². The van der Waals surface area contributed by atoms with Crippen molar-refractivity contribution in [3.63, 3.8) is 0 Å². The van der Waals surface area contributed by atoms with Gasteiger partial charge in [0.05, 0.1) is 12.3 Å². The minimum Gasteiger partial charge on any atom is -0.464 e. The summed E-state index contributed by atoms with van der Waals surface area (Å²) in [6.07, 6.45) is -1.05. The van der Waals surface area contributed by atoms with Gasteiger partial charge in [0.1, 0.15) is 11.7 Å². The lowest BCUT2D eigenvalue weighted by atomic mass is 10.0. The largest absolute Gasteiger partial charge is 0.464 e. The zero-order chi connectivity index (χ0) is 10.8. The maximum absolute atomic E-state index is 9.58. The van der Waals surface area contributed by atoms with Crippen molar-refractivity contribution in [3.05, 3.63) is 36.1 Å². The minimum absolute atomic E-state index is 0.498. The number of furan rings is 1. The molecule has 0 radical (unpaired) electrons. The number of hydrogen-bond donors (Lipinski definition) is 2. The Labute approximate surface area is 86.0 Å². The van der Waals surface area contributed by atoms with E-state index in [4.69, 9.17) is 14.8 Å². The highest BCUT2D eigenvalue weighted by Crippen LogP contribution is 2.22. The molecule has 1 heterocycles. The van der Waals surface area contributed by atoms with Gasteiger partial charge < -0.3 is 14.6 Å². The fourth-order valence-electron chi connectivity index (χ4n) is 1.42. The summed E-state index contributed by atoms with van der Waals surface area (Å²) < 4.78 is 5.13. The van der Waals surface area contributed by atoms with E-state index in [9.17, 15) is 5.11 Å². The van der Waals surface area contributed by atoms with Gasteiger partial charge in [-0.25, -0.2) is 0 Å². The third kappa shape index (κ3) is 1.71. The Morgan fingerprint density at radius 2 is 2.07 bits per heavy atom. The Morgan fingerprint density at radius 1 is 1.27 bits per heavy atom. The van der Waals surface area contributed by atoms with E-state index >= 15 is 0 Å². The molecular weight excluding hydrogens is 194 g/mol. The summed E-state index contributed by atoms with van der Waals surface area (Å²) in [7, 11) is 0. The molecule has 0 aliphatic heterocycles. The van der Waals surface area contributed by atoms with Crippen LogP contribution in [-0.4, -0.2) is 16.3 Å². The third-order valence-corrected chi connectivity index (χ3v) is 2.25. The molecule has 2 aromatic rings. The third-order valence-electron chi connectivity index (χ3n) is 2.25. The van der Waals surface area contributed by atoms with Crippen LogP contribution in [0.15, 0.2) is 34.9 Å². The van der Waals surface area contributed by atoms with Gasteiger partial charge in [0.15, 0.2) is 6.10 Å². The van der Waals surface area contributed by atoms with Crippen LogP contribution >= 0.6 is 0 Å². The van der Waals surface area contributed by atoms with Crippen molar-refractivity contribution >= 4 is 11.0 Å². The Morgan fingerprint density at radius 3 is 2.80 bits per heavy atom. The summed E-state index contributed by atoms with van der Waals surface area (Å²) in [4.78, 5) is 0. The molecule has 0 saturated carbocycles. The molecule has 2 N–H and O–H groups in total. The molecule has 0 amide bonds. The lowest BCUT2D eigenvalue weighted by Crippen LogP contribution is -2.15. The van der Waals surface area contributed by atoms with Crippen molar-refractivity contribution in [2.75, 3.05) is 0 Å². The topological polar surface area (TPSA) is 77.4 Å². The molecule has 1 aromatic carbocycles. The molecule has 0 spiro atoms. The van der Waals surface area contributed by atoms with E-state index in [2.05, 4.69) is 0 Å². The summed E-state index contributed by atoms with van der Waals surface area (Å²) in [5, 5.41) is 28.0. The number of aliphatic hydroxyl groups excluding tert-OH is 2. The number of rotatable bonds is 2. The van der Waals surface area contributed by atoms with Gasteiger partial charge in [0.25, 0.3) is 0 Å². The summed E-state index contributed by atoms with van der Waals surface area (Å²) in [5.74, 6) is 0. The lowest BCUT2D eigenvalue weighted by molar-refractivity contribution is 0.0529. The van der Waals surface area contributed by atoms with E-state index in [1.54, 1.807) is 36.6 Å². The van der Waals surface area contributed by atoms with E-state index < -0.39 is 12.2 Å². The highest BCUT2D eigenvalue weighted by Gasteiger charge is 2.17. The fourth-order valence-corrected chi connectivity index (χ4v) is 1.42. The van der Waals surface area contributed by atoms with Gasteiger partial charge in [-0.3, -0.25) is 0 Å². The molecule has 2 atom stereocenters. The Balaban J connectivity index is 2.40. The first-order chi connectivity index (χ1) is 7.22. The molecule has 4 nitrogen and oxygen atoms in total. The first kappa shape index (κ1) is 9.71. The van der Waals surface area contributed by atoms with E-state index in [0.717, 1.165) is 5.39 Å². The molecule has 4 heteroatoms. The number of nitriles is 1. The first-order valence-electron chi connectivity index (χ1n) is 4.45. The minimum atomic E-state index is -1.41. The van der Waals surface area contributed by atoms with Gasteiger partial charge in [-0.15, -0.1) is 0 Å². The lowest BCUT2D eigenvalue weighted by Gasteiger charge is -2.11. The van der Waals surface area contributed by atoms with Crippen LogP contribution in [0.1, 0.15) is 11.7 Å². The van der Waals surface area contributed by atoms with Crippen LogP contribution in [0.2, 0.25) is 0 Å². The number of nitrogens with zero attached hydrogens (tertiary/aromatic N) is 1. The SMILES string of the molecule is N#CC(O)C(O)c1ccc2occc2c1. The van der Waals surface area contributed by atoms with Crippen LogP contribution in [0.3, 0.4) is 0 Å². The van der Waals surface area contributed by atoms with Crippen molar-refractivity contribution < 1.29 is 14.6 Å². The molecular formula is C11H9NO3. The number of aliphatic hydroxyl groups is 2. The number of benzene rings is 1. The average Bonchev–Trinajstić information content (AvgIpc) is 2.73. The zero-order valence-corrected chi connectivity index (χ0v) is 7.79. The standard InChI is InChI=1S/C11H9NO3/c12-6-9(13)11(14)8-1-2-10-7(5-8)3-4-15-10/h1-5,9,11,13-14H. The van der Waals surface area contributed by atoms with Crippen molar-refractivity contribution in [1.29, 1.82) is 5.26 Å². The molecule has 15 heavy (non-hydrogen) atoms. The normalized spacial score (nSPS) is 14.7. The molecule has 1 aromatic heterocycles. The van der Waals surface area contributed by atoms with Crippen LogP contribution in [0.5, 0.6) is 0 Å². The number of hydrogen-bond acceptors (Lipinski definition) is 4.